The van der Waals surface area contributed by atoms with Crippen LogP contribution in [0.4, 0.5) is 0 Å². The second-order valence-electron chi connectivity index (χ2n) is 5.96. The molecule has 0 saturated heterocycles. The molecule has 0 aliphatic carbocycles. The highest BCUT2D eigenvalue weighted by atomic mass is 35.5. The molecule has 3 aromatic rings. The Morgan fingerprint density at radius 2 is 1.93 bits per heavy atom. The van der Waals surface area contributed by atoms with E-state index in [1.54, 1.807) is 12.3 Å². The fourth-order valence-corrected chi connectivity index (χ4v) is 4.08. The Labute approximate surface area is 166 Å². The van der Waals surface area contributed by atoms with E-state index in [4.69, 9.17) is 21.6 Å². The van der Waals surface area contributed by atoms with Crippen molar-refractivity contribution in [2.24, 2.45) is 0 Å². The second-order valence-corrected chi connectivity index (χ2v) is 8.11. The summed E-state index contributed by atoms with van der Waals surface area (Å²) in [6, 6.07) is 13.5. The molecular weight excluding hydrogens is 402 g/mol. The van der Waals surface area contributed by atoms with Crippen LogP contribution < -0.4 is 4.72 Å². The van der Waals surface area contributed by atoms with E-state index in [2.05, 4.69) is 9.71 Å². The molecule has 3 rings (SSSR count). The lowest BCUT2D eigenvalue weighted by Gasteiger charge is -2.17. The summed E-state index contributed by atoms with van der Waals surface area (Å²) in [6.45, 7) is -0.466. The summed E-state index contributed by atoms with van der Waals surface area (Å²) in [5.74, 6) is -0.829. The first-order chi connectivity index (χ1) is 13.4. The SMILES string of the molecule is N#CCOC(=O)[C@@H](Cc1c[nH]c2ccccc12)NS(=O)(=O)c1ccc(Cl)cc1. The van der Waals surface area contributed by atoms with Crippen LogP contribution >= 0.6 is 11.6 Å². The Morgan fingerprint density at radius 3 is 2.64 bits per heavy atom. The van der Waals surface area contributed by atoms with Gasteiger partial charge in [-0.25, -0.2) is 8.42 Å². The van der Waals surface area contributed by atoms with Gasteiger partial charge in [0.15, 0.2) is 6.61 Å². The fraction of sp³-hybridized carbons (Fsp3) is 0.158. The van der Waals surface area contributed by atoms with Gasteiger partial charge in [0.25, 0.3) is 0 Å². The highest BCUT2D eigenvalue weighted by molar-refractivity contribution is 7.89. The summed E-state index contributed by atoms with van der Waals surface area (Å²) >= 11 is 5.80. The van der Waals surface area contributed by atoms with E-state index in [1.807, 2.05) is 24.3 Å². The number of para-hydroxylation sites is 1. The number of nitrogens with one attached hydrogen (secondary N) is 2. The van der Waals surface area contributed by atoms with Gasteiger partial charge in [-0.15, -0.1) is 0 Å². The third-order valence-corrected chi connectivity index (χ3v) is 5.82. The van der Waals surface area contributed by atoms with Gasteiger partial charge in [0, 0.05) is 28.5 Å². The van der Waals surface area contributed by atoms with E-state index in [0.29, 0.717) is 5.02 Å². The molecule has 7 nitrogen and oxygen atoms in total. The standard InChI is InChI=1S/C19H16ClN3O4S/c20-14-5-7-15(8-6-14)28(25,26)23-18(19(24)27-10-9-21)11-13-12-22-17-4-2-1-3-16(13)17/h1-8,12,18,22-23H,10-11H2/t18-/m1/s1. The lowest BCUT2D eigenvalue weighted by atomic mass is 10.1. The largest absolute Gasteiger partial charge is 0.449 e. The predicted molar refractivity (Wildman–Crippen MR) is 104 cm³/mol. The minimum absolute atomic E-state index is 0.0334. The van der Waals surface area contributed by atoms with E-state index in [9.17, 15) is 13.2 Å². The van der Waals surface area contributed by atoms with Gasteiger partial charge in [-0.3, -0.25) is 4.79 Å². The van der Waals surface area contributed by atoms with Crippen molar-refractivity contribution in [3.63, 3.8) is 0 Å². The number of esters is 1. The van der Waals surface area contributed by atoms with Crippen molar-refractivity contribution < 1.29 is 17.9 Å². The van der Waals surface area contributed by atoms with E-state index in [0.717, 1.165) is 16.5 Å². The molecule has 0 spiro atoms. The summed E-state index contributed by atoms with van der Waals surface area (Å²) in [5, 5.41) is 9.91. The molecule has 1 aromatic heterocycles. The zero-order valence-electron chi connectivity index (χ0n) is 14.6. The topological polar surface area (TPSA) is 112 Å². The van der Waals surface area contributed by atoms with Gasteiger partial charge in [-0.2, -0.15) is 9.98 Å². The van der Waals surface area contributed by atoms with Crippen molar-refractivity contribution in [2.75, 3.05) is 6.61 Å². The lowest BCUT2D eigenvalue weighted by Crippen LogP contribution is -2.43. The van der Waals surface area contributed by atoms with Crippen LogP contribution in [0.5, 0.6) is 0 Å². The van der Waals surface area contributed by atoms with Crippen LogP contribution in [0.15, 0.2) is 59.6 Å². The minimum atomic E-state index is -4.01. The molecule has 1 atom stereocenters. The zero-order chi connectivity index (χ0) is 20.1. The number of ether oxygens (including phenoxy) is 1. The number of aromatic nitrogens is 1. The number of carbonyl (C=O) groups is 1. The summed E-state index contributed by atoms with van der Waals surface area (Å²) < 4.78 is 32.6. The molecule has 0 amide bonds. The first kappa shape index (κ1) is 19.9. The molecule has 0 bridgehead atoms. The van der Waals surface area contributed by atoms with Gasteiger partial charge in [-0.1, -0.05) is 29.8 Å². The Morgan fingerprint density at radius 1 is 1.21 bits per heavy atom. The zero-order valence-corrected chi connectivity index (χ0v) is 16.1. The van der Waals surface area contributed by atoms with E-state index in [-0.39, 0.29) is 11.3 Å². The smallest absolute Gasteiger partial charge is 0.325 e. The Hall–Kier alpha value is -2.86. The molecule has 2 N–H and O–H groups in total. The lowest BCUT2D eigenvalue weighted by molar-refractivity contribution is -0.144. The van der Waals surface area contributed by atoms with Crippen LogP contribution in [0.25, 0.3) is 10.9 Å². The van der Waals surface area contributed by atoms with Crippen LogP contribution in [0, 0.1) is 11.3 Å². The van der Waals surface area contributed by atoms with Crippen molar-refractivity contribution in [1.82, 2.24) is 9.71 Å². The average molecular weight is 418 g/mol. The number of hydrogen-bond donors (Lipinski definition) is 2. The molecule has 0 aliphatic heterocycles. The number of fused-ring (bicyclic) bond motifs is 1. The van der Waals surface area contributed by atoms with Crippen LogP contribution in [-0.2, 0) is 26.0 Å². The summed E-state index contributed by atoms with van der Waals surface area (Å²) in [5.41, 5.74) is 1.61. The normalized spacial score (nSPS) is 12.4. The summed E-state index contributed by atoms with van der Waals surface area (Å²) in [7, 11) is -4.01. The average Bonchev–Trinajstić information content (AvgIpc) is 3.09. The van der Waals surface area contributed by atoms with Gasteiger partial charge >= 0.3 is 5.97 Å². The maximum Gasteiger partial charge on any atom is 0.325 e. The molecular formula is C19H16ClN3O4S. The second kappa shape index (κ2) is 8.44. The number of benzene rings is 2. The molecule has 9 heteroatoms. The third-order valence-electron chi connectivity index (χ3n) is 4.08. The number of nitriles is 1. The van der Waals surface area contributed by atoms with Crippen LogP contribution in [0.3, 0.4) is 0 Å². The Kier molecular flexibility index (Phi) is 5.99. The number of carbonyl (C=O) groups excluding carboxylic acids is 1. The van der Waals surface area contributed by atoms with Crippen molar-refractivity contribution in [3.05, 3.63) is 65.3 Å². The monoisotopic (exact) mass is 417 g/mol. The highest BCUT2D eigenvalue weighted by Crippen LogP contribution is 2.21. The first-order valence-corrected chi connectivity index (χ1v) is 10.1. The molecule has 0 saturated carbocycles. The highest BCUT2D eigenvalue weighted by Gasteiger charge is 2.28. The minimum Gasteiger partial charge on any atom is -0.449 e. The van der Waals surface area contributed by atoms with Crippen molar-refractivity contribution in [1.29, 1.82) is 5.26 Å². The quantitative estimate of drug-likeness (QED) is 0.574. The number of halogens is 1. The van der Waals surface area contributed by atoms with E-state index < -0.39 is 28.6 Å². The Balaban J connectivity index is 1.89. The summed E-state index contributed by atoms with van der Waals surface area (Å²) in [6.07, 6.45) is 1.77. The number of rotatable bonds is 7. The number of hydrogen-bond acceptors (Lipinski definition) is 5. The maximum absolute atomic E-state index is 12.7. The van der Waals surface area contributed by atoms with Crippen LogP contribution in [0.1, 0.15) is 5.56 Å². The van der Waals surface area contributed by atoms with Crippen molar-refractivity contribution in [2.45, 2.75) is 17.4 Å². The molecule has 0 unspecified atom stereocenters. The molecule has 1 heterocycles. The van der Waals surface area contributed by atoms with Gasteiger partial charge in [0.2, 0.25) is 10.0 Å². The molecule has 0 fully saturated rings. The number of H-pyrrole nitrogens is 1. The first-order valence-electron chi connectivity index (χ1n) is 8.27. The van der Waals surface area contributed by atoms with Gasteiger partial charge in [-0.05, 0) is 35.9 Å². The van der Waals surface area contributed by atoms with E-state index >= 15 is 0 Å². The van der Waals surface area contributed by atoms with Crippen molar-refractivity contribution >= 4 is 38.5 Å². The van der Waals surface area contributed by atoms with Gasteiger partial charge < -0.3 is 9.72 Å². The molecule has 144 valence electrons. The van der Waals surface area contributed by atoms with Gasteiger partial charge in [0.1, 0.15) is 12.1 Å². The Bertz CT molecular complexity index is 1130. The fourth-order valence-electron chi connectivity index (χ4n) is 2.77. The third kappa shape index (κ3) is 4.51. The van der Waals surface area contributed by atoms with Crippen LogP contribution in [-0.4, -0.2) is 32.0 Å². The van der Waals surface area contributed by atoms with Gasteiger partial charge in [0.05, 0.1) is 4.90 Å². The predicted octanol–water partition coefficient (Wildman–Crippen LogP) is 2.78. The molecule has 0 radical (unpaired) electrons. The molecule has 2 aromatic carbocycles. The number of nitrogens with zero attached hydrogens (tertiary/aromatic N) is 1. The van der Waals surface area contributed by atoms with Crippen LogP contribution in [0.2, 0.25) is 5.02 Å². The number of sulfonamides is 1. The number of aromatic amines is 1. The van der Waals surface area contributed by atoms with Crippen molar-refractivity contribution in [3.8, 4) is 6.07 Å². The molecule has 28 heavy (non-hydrogen) atoms. The van der Waals surface area contributed by atoms with E-state index in [1.165, 1.54) is 24.3 Å². The molecule has 0 aliphatic rings. The summed E-state index contributed by atoms with van der Waals surface area (Å²) in [4.78, 5) is 15.4. The maximum atomic E-state index is 12.7.